The van der Waals surface area contributed by atoms with Crippen LogP contribution in [0, 0.1) is 5.82 Å². The van der Waals surface area contributed by atoms with Crippen LogP contribution >= 0.6 is 0 Å². The van der Waals surface area contributed by atoms with E-state index in [1.807, 2.05) is 0 Å². The van der Waals surface area contributed by atoms with Crippen molar-refractivity contribution >= 4 is 22.4 Å². The van der Waals surface area contributed by atoms with Gasteiger partial charge in [0, 0.05) is 18.6 Å². The lowest BCUT2D eigenvalue weighted by Gasteiger charge is -2.12. The molecule has 5 nitrogen and oxygen atoms in total. The number of rotatable bonds is 6. The van der Waals surface area contributed by atoms with Gasteiger partial charge >= 0.3 is 0 Å². The van der Waals surface area contributed by atoms with Gasteiger partial charge in [-0.3, -0.25) is 9.00 Å². The molecule has 0 fully saturated rings. The number of carbonyl (C=O) groups is 1. The third-order valence-corrected chi connectivity index (χ3v) is 4.07. The summed E-state index contributed by atoms with van der Waals surface area (Å²) in [5.74, 6) is -1.01. The fraction of sp³-hybridized carbons (Fsp3) is 0.417. The number of halogens is 1. The van der Waals surface area contributed by atoms with Crippen molar-refractivity contribution in [1.29, 1.82) is 0 Å². The van der Waals surface area contributed by atoms with Gasteiger partial charge in [-0.2, -0.15) is 0 Å². The zero-order valence-electron chi connectivity index (χ0n) is 10.8. The number of benzene rings is 1. The largest absolute Gasteiger partial charge is 0.396 e. The summed E-state index contributed by atoms with van der Waals surface area (Å²) >= 11 is 0. The molecular weight excluding hydrogens is 271 g/mol. The van der Waals surface area contributed by atoms with Gasteiger partial charge in [-0.05, 0) is 25.1 Å². The van der Waals surface area contributed by atoms with Gasteiger partial charge in [-0.25, -0.2) is 4.39 Å². The van der Waals surface area contributed by atoms with E-state index in [1.54, 1.807) is 0 Å². The average Bonchev–Trinajstić information content (AvgIpc) is 2.40. The SMILES string of the molecule is COCCNC(=O)C(C)S(=O)c1ccc(N)c(F)c1. The van der Waals surface area contributed by atoms with Crippen molar-refractivity contribution in [2.24, 2.45) is 0 Å². The minimum absolute atomic E-state index is 0.0158. The Balaban J connectivity index is 2.70. The molecule has 0 spiro atoms. The summed E-state index contributed by atoms with van der Waals surface area (Å²) in [6.07, 6.45) is 0. The Hall–Kier alpha value is -1.47. The van der Waals surface area contributed by atoms with Crippen molar-refractivity contribution in [3.05, 3.63) is 24.0 Å². The van der Waals surface area contributed by atoms with Gasteiger partial charge in [-0.1, -0.05) is 0 Å². The summed E-state index contributed by atoms with van der Waals surface area (Å²) in [4.78, 5) is 11.9. The number of nitrogens with one attached hydrogen (secondary N) is 1. The highest BCUT2D eigenvalue weighted by Gasteiger charge is 2.21. The second-order valence-corrected chi connectivity index (χ2v) is 5.68. The van der Waals surface area contributed by atoms with Crippen LogP contribution in [0.25, 0.3) is 0 Å². The molecule has 3 N–H and O–H groups in total. The topological polar surface area (TPSA) is 81.4 Å². The molecule has 0 radical (unpaired) electrons. The molecule has 19 heavy (non-hydrogen) atoms. The Morgan fingerprint density at radius 2 is 2.26 bits per heavy atom. The van der Waals surface area contributed by atoms with Crippen molar-refractivity contribution in [1.82, 2.24) is 5.32 Å². The van der Waals surface area contributed by atoms with Crippen LogP contribution in [0.15, 0.2) is 23.1 Å². The molecule has 0 aliphatic heterocycles. The number of nitrogens with two attached hydrogens (primary N) is 1. The number of amides is 1. The van der Waals surface area contributed by atoms with E-state index in [-0.39, 0.29) is 16.5 Å². The first kappa shape index (κ1) is 15.6. The van der Waals surface area contributed by atoms with Crippen LogP contribution in [0.4, 0.5) is 10.1 Å². The summed E-state index contributed by atoms with van der Waals surface area (Å²) in [6.45, 7) is 2.24. The van der Waals surface area contributed by atoms with Crippen LogP contribution in [0.2, 0.25) is 0 Å². The zero-order chi connectivity index (χ0) is 14.4. The van der Waals surface area contributed by atoms with Crippen LogP contribution in [0.3, 0.4) is 0 Å². The standard InChI is InChI=1S/C12H17FN2O3S/c1-8(12(16)15-5-6-18-2)19(17)9-3-4-11(14)10(13)7-9/h3-4,7-8H,5-6,14H2,1-2H3,(H,15,16). The molecule has 106 valence electrons. The Morgan fingerprint density at radius 1 is 1.58 bits per heavy atom. The van der Waals surface area contributed by atoms with E-state index in [4.69, 9.17) is 10.5 Å². The second kappa shape index (κ2) is 7.20. The van der Waals surface area contributed by atoms with E-state index in [1.165, 1.54) is 26.2 Å². The molecule has 1 rings (SSSR count). The van der Waals surface area contributed by atoms with Gasteiger partial charge in [0.15, 0.2) is 0 Å². The molecule has 2 atom stereocenters. The van der Waals surface area contributed by atoms with E-state index in [2.05, 4.69) is 5.32 Å². The lowest BCUT2D eigenvalue weighted by Crippen LogP contribution is -2.37. The molecule has 0 saturated carbocycles. The summed E-state index contributed by atoms with van der Waals surface area (Å²) in [5, 5.41) is 1.81. The van der Waals surface area contributed by atoms with Crippen molar-refractivity contribution in [2.45, 2.75) is 17.1 Å². The molecule has 0 aromatic heterocycles. The summed E-state index contributed by atoms with van der Waals surface area (Å²) in [6, 6.07) is 3.87. The zero-order valence-corrected chi connectivity index (χ0v) is 11.6. The lowest BCUT2D eigenvalue weighted by molar-refractivity contribution is -0.120. The fourth-order valence-corrected chi connectivity index (χ4v) is 2.46. The van der Waals surface area contributed by atoms with Crippen LogP contribution < -0.4 is 11.1 Å². The van der Waals surface area contributed by atoms with E-state index in [0.717, 1.165) is 6.07 Å². The third kappa shape index (κ3) is 4.29. The van der Waals surface area contributed by atoms with Gasteiger partial charge < -0.3 is 15.8 Å². The highest BCUT2D eigenvalue weighted by molar-refractivity contribution is 7.86. The highest BCUT2D eigenvalue weighted by atomic mass is 32.2. The van der Waals surface area contributed by atoms with E-state index in [0.29, 0.717) is 13.2 Å². The smallest absolute Gasteiger partial charge is 0.235 e. The van der Waals surface area contributed by atoms with Crippen LogP contribution in [0.1, 0.15) is 6.92 Å². The first-order chi connectivity index (χ1) is 8.97. The maximum absolute atomic E-state index is 13.3. The second-order valence-electron chi connectivity index (χ2n) is 3.91. The molecule has 0 saturated heterocycles. The maximum Gasteiger partial charge on any atom is 0.235 e. The molecule has 1 aromatic rings. The number of nitrogen functional groups attached to an aromatic ring is 1. The van der Waals surface area contributed by atoms with Crippen LogP contribution in [-0.2, 0) is 20.3 Å². The maximum atomic E-state index is 13.3. The third-order valence-electron chi connectivity index (χ3n) is 2.50. The number of hydrogen-bond acceptors (Lipinski definition) is 4. The van der Waals surface area contributed by atoms with E-state index < -0.39 is 21.9 Å². The van der Waals surface area contributed by atoms with Gasteiger partial charge in [0.05, 0.1) is 23.1 Å². The van der Waals surface area contributed by atoms with Crippen molar-refractivity contribution in [3.8, 4) is 0 Å². The first-order valence-corrected chi connectivity index (χ1v) is 6.91. The normalized spacial score (nSPS) is 13.8. The molecule has 1 amide bonds. The summed E-state index contributed by atoms with van der Waals surface area (Å²) in [7, 11) is -0.112. The van der Waals surface area contributed by atoms with Gasteiger partial charge in [0.25, 0.3) is 0 Å². The predicted octanol–water partition coefficient (Wildman–Crippen LogP) is 0.667. The molecule has 2 unspecified atom stereocenters. The van der Waals surface area contributed by atoms with Crippen molar-refractivity contribution in [3.63, 3.8) is 0 Å². The lowest BCUT2D eigenvalue weighted by atomic mass is 10.3. The predicted molar refractivity (Wildman–Crippen MR) is 71.6 cm³/mol. The Morgan fingerprint density at radius 3 is 2.84 bits per heavy atom. The first-order valence-electron chi connectivity index (χ1n) is 5.69. The van der Waals surface area contributed by atoms with Crippen LogP contribution in [-0.4, -0.2) is 35.6 Å². The van der Waals surface area contributed by atoms with Gasteiger partial charge in [0.1, 0.15) is 11.1 Å². The Kier molecular flexibility index (Phi) is 5.91. The number of methoxy groups -OCH3 is 1. The van der Waals surface area contributed by atoms with Gasteiger partial charge in [-0.15, -0.1) is 0 Å². The number of ether oxygens (including phenoxy) is 1. The number of hydrogen-bond donors (Lipinski definition) is 2. The van der Waals surface area contributed by atoms with E-state index >= 15 is 0 Å². The number of carbonyl (C=O) groups excluding carboxylic acids is 1. The molecule has 7 heteroatoms. The summed E-state index contributed by atoms with van der Waals surface area (Å²) < 4.78 is 30.2. The van der Waals surface area contributed by atoms with Gasteiger partial charge in [0.2, 0.25) is 5.91 Å². The monoisotopic (exact) mass is 288 g/mol. The summed E-state index contributed by atoms with van der Waals surface area (Å²) in [5.41, 5.74) is 5.32. The Labute approximate surface area is 113 Å². The Bertz CT molecular complexity index is 482. The molecule has 0 aliphatic carbocycles. The molecule has 1 aromatic carbocycles. The molecule has 0 bridgehead atoms. The fourth-order valence-electron chi connectivity index (χ4n) is 1.35. The average molecular weight is 288 g/mol. The minimum atomic E-state index is -1.63. The quantitative estimate of drug-likeness (QED) is 0.595. The molecular formula is C12H17FN2O3S. The highest BCUT2D eigenvalue weighted by Crippen LogP contribution is 2.17. The molecule has 0 heterocycles. The van der Waals surface area contributed by atoms with Crippen LogP contribution in [0.5, 0.6) is 0 Å². The minimum Gasteiger partial charge on any atom is -0.396 e. The van der Waals surface area contributed by atoms with Crippen molar-refractivity contribution < 1.29 is 18.1 Å². The van der Waals surface area contributed by atoms with Crippen molar-refractivity contribution in [2.75, 3.05) is 26.0 Å². The number of anilines is 1. The molecule has 0 aliphatic rings. The van der Waals surface area contributed by atoms with E-state index in [9.17, 15) is 13.4 Å².